The molecular formula is C6H9N3S. The second-order valence-electron chi connectivity index (χ2n) is 1.74. The summed E-state index contributed by atoms with van der Waals surface area (Å²) < 4.78 is 0. The molecule has 0 aromatic carbocycles. The van der Waals surface area contributed by atoms with Crippen LogP contribution in [-0.4, -0.2) is 11.5 Å². The zero-order valence-corrected chi connectivity index (χ0v) is 6.32. The smallest absolute Gasteiger partial charge is 0.184 e. The van der Waals surface area contributed by atoms with Crippen molar-refractivity contribution in [1.82, 2.24) is 4.98 Å². The molecule has 0 atom stereocenters. The van der Waals surface area contributed by atoms with Gasteiger partial charge in [-0.25, -0.2) is 4.98 Å². The molecule has 1 aromatic heterocycles. The summed E-state index contributed by atoms with van der Waals surface area (Å²) >= 11 is 1.44. The van der Waals surface area contributed by atoms with Gasteiger partial charge in [0.25, 0.3) is 0 Å². The highest BCUT2D eigenvalue weighted by molar-refractivity contribution is 7.19. The molecule has 0 saturated heterocycles. The molecule has 0 radical (unpaired) electrons. The first-order valence-corrected chi connectivity index (χ1v) is 3.70. The topological polar surface area (TPSA) is 50.9 Å². The van der Waals surface area contributed by atoms with E-state index in [0.29, 0.717) is 0 Å². The Hall–Kier alpha value is -1.03. The number of hydrogen-bond donors (Lipinski definition) is 2. The van der Waals surface area contributed by atoms with Gasteiger partial charge in [-0.15, -0.1) is 6.58 Å². The molecule has 0 aliphatic rings. The molecule has 0 saturated carbocycles. The molecule has 10 heavy (non-hydrogen) atoms. The van der Waals surface area contributed by atoms with E-state index in [1.165, 1.54) is 11.3 Å². The number of nitrogens with two attached hydrogens (primary N) is 1. The third-order valence-corrected chi connectivity index (χ3v) is 1.71. The van der Waals surface area contributed by atoms with Crippen molar-refractivity contribution in [2.24, 2.45) is 0 Å². The van der Waals surface area contributed by atoms with E-state index in [0.717, 1.165) is 16.7 Å². The minimum absolute atomic E-state index is 0.728. The molecule has 1 aromatic rings. The van der Waals surface area contributed by atoms with E-state index in [4.69, 9.17) is 5.73 Å². The molecule has 0 amide bonds. The molecule has 0 aliphatic carbocycles. The SMILES string of the molecule is C=CCNc1ncc(N)s1. The predicted molar refractivity (Wildman–Crippen MR) is 45.2 cm³/mol. The van der Waals surface area contributed by atoms with E-state index in [2.05, 4.69) is 16.9 Å². The van der Waals surface area contributed by atoms with Crippen LogP contribution in [0.4, 0.5) is 10.1 Å². The maximum absolute atomic E-state index is 5.44. The lowest BCUT2D eigenvalue weighted by molar-refractivity contribution is 1.29. The maximum atomic E-state index is 5.44. The fourth-order valence-electron chi connectivity index (χ4n) is 0.528. The summed E-state index contributed by atoms with van der Waals surface area (Å²) in [5, 5.41) is 4.60. The Morgan fingerprint density at radius 1 is 1.90 bits per heavy atom. The van der Waals surface area contributed by atoms with Crippen LogP contribution < -0.4 is 11.1 Å². The fraction of sp³-hybridized carbons (Fsp3) is 0.167. The standard InChI is InChI=1S/C6H9N3S/c1-2-3-8-6-9-4-5(7)10-6/h2,4H,1,3,7H2,(H,8,9). The monoisotopic (exact) mass is 155 g/mol. The lowest BCUT2D eigenvalue weighted by Gasteiger charge is -1.93. The van der Waals surface area contributed by atoms with Crippen LogP contribution in [0.3, 0.4) is 0 Å². The van der Waals surface area contributed by atoms with Crippen molar-refractivity contribution in [3.63, 3.8) is 0 Å². The van der Waals surface area contributed by atoms with Crippen molar-refractivity contribution in [3.8, 4) is 0 Å². The molecule has 54 valence electrons. The van der Waals surface area contributed by atoms with Crippen LogP contribution in [0, 0.1) is 0 Å². The van der Waals surface area contributed by atoms with Gasteiger partial charge < -0.3 is 11.1 Å². The van der Waals surface area contributed by atoms with Gasteiger partial charge in [-0.2, -0.15) is 0 Å². The molecule has 0 aliphatic heterocycles. The highest BCUT2D eigenvalue weighted by Crippen LogP contribution is 2.18. The summed E-state index contributed by atoms with van der Waals surface area (Å²) in [7, 11) is 0. The van der Waals surface area contributed by atoms with Crippen molar-refractivity contribution < 1.29 is 0 Å². The van der Waals surface area contributed by atoms with Gasteiger partial charge in [0.15, 0.2) is 5.13 Å². The first-order valence-electron chi connectivity index (χ1n) is 2.89. The molecule has 3 N–H and O–H groups in total. The van der Waals surface area contributed by atoms with E-state index in [1.807, 2.05) is 0 Å². The lowest BCUT2D eigenvalue weighted by Crippen LogP contribution is -1.95. The highest BCUT2D eigenvalue weighted by Gasteiger charge is 1.93. The van der Waals surface area contributed by atoms with Gasteiger partial charge in [0.05, 0.1) is 6.20 Å². The minimum Gasteiger partial charge on any atom is -0.389 e. The Labute approximate surface area is 63.6 Å². The first-order chi connectivity index (χ1) is 4.83. The molecule has 0 unspecified atom stereocenters. The van der Waals surface area contributed by atoms with Crippen LogP contribution in [-0.2, 0) is 0 Å². The summed E-state index contributed by atoms with van der Waals surface area (Å²) in [5.74, 6) is 0. The van der Waals surface area contributed by atoms with E-state index in [-0.39, 0.29) is 0 Å². The zero-order valence-electron chi connectivity index (χ0n) is 5.50. The van der Waals surface area contributed by atoms with Crippen LogP contribution in [0.5, 0.6) is 0 Å². The van der Waals surface area contributed by atoms with Crippen LogP contribution in [0.1, 0.15) is 0 Å². The predicted octanol–water partition coefficient (Wildman–Crippen LogP) is 1.32. The van der Waals surface area contributed by atoms with Crippen molar-refractivity contribution in [1.29, 1.82) is 0 Å². The van der Waals surface area contributed by atoms with E-state index >= 15 is 0 Å². The Morgan fingerprint density at radius 3 is 3.20 bits per heavy atom. The highest BCUT2D eigenvalue weighted by atomic mass is 32.1. The minimum atomic E-state index is 0.728. The Kier molecular flexibility index (Phi) is 2.28. The molecule has 3 nitrogen and oxygen atoms in total. The largest absolute Gasteiger partial charge is 0.389 e. The van der Waals surface area contributed by atoms with E-state index < -0.39 is 0 Å². The number of hydrogen-bond acceptors (Lipinski definition) is 4. The van der Waals surface area contributed by atoms with Crippen LogP contribution in [0.15, 0.2) is 18.9 Å². The van der Waals surface area contributed by atoms with Crippen molar-refractivity contribution in [2.45, 2.75) is 0 Å². The summed E-state index contributed by atoms with van der Waals surface area (Å²) in [6, 6.07) is 0. The summed E-state index contributed by atoms with van der Waals surface area (Å²) in [4.78, 5) is 3.99. The van der Waals surface area contributed by atoms with Crippen LogP contribution >= 0.6 is 11.3 Å². The van der Waals surface area contributed by atoms with Gasteiger partial charge in [0.1, 0.15) is 5.00 Å². The van der Waals surface area contributed by atoms with Crippen molar-refractivity contribution in [2.75, 3.05) is 17.6 Å². The Bertz CT molecular complexity index is 219. The average molecular weight is 155 g/mol. The number of thiazole rings is 1. The number of nitrogen functional groups attached to an aromatic ring is 1. The Balaban J connectivity index is 2.49. The van der Waals surface area contributed by atoms with E-state index in [9.17, 15) is 0 Å². The average Bonchev–Trinajstić information content (AvgIpc) is 2.31. The molecule has 0 spiro atoms. The second-order valence-corrected chi connectivity index (χ2v) is 2.80. The molecular weight excluding hydrogens is 146 g/mol. The summed E-state index contributed by atoms with van der Waals surface area (Å²) in [5.41, 5.74) is 5.44. The fourth-order valence-corrected chi connectivity index (χ4v) is 1.12. The van der Waals surface area contributed by atoms with Gasteiger partial charge in [-0.05, 0) is 0 Å². The Morgan fingerprint density at radius 2 is 2.70 bits per heavy atom. The molecule has 0 bridgehead atoms. The number of aromatic nitrogens is 1. The molecule has 1 rings (SSSR count). The molecule has 1 heterocycles. The summed E-state index contributed by atoms with van der Waals surface area (Å²) in [6.45, 7) is 4.29. The number of rotatable bonds is 3. The van der Waals surface area contributed by atoms with Crippen molar-refractivity contribution in [3.05, 3.63) is 18.9 Å². The van der Waals surface area contributed by atoms with E-state index in [1.54, 1.807) is 12.3 Å². The number of nitrogens with one attached hydrogen (secondary N) is 1. The van der Waals surface area contributed by atoms with Gasteiger partial charge in [0, 0.05) is 6.54 Å². The number of nitrogens with zero attached hydrogens (tertiary/aromatic N) is 1. The van der Waals surface area contributed by atoms with Gasteiger partial charge in [-0.1, -0.05) is 17.4 Å². The summed E-state index contributed by atoms with van der Waals surface area (Å²) in [6.07, 6.45) is 3.41. The van der Waals surface area contributed by atoms with Crippen LogP contribution in [0.2, 0.25) is 0 Å². The quantitative estimate of drug-likeness (QED) is 0.647. The van der Waals surface area contributed by atoms with Crippen molar-refractivity contribution >= 4 is 21.5 Å². The maximum Gasteiger partial charge on any atom is 0.184 e. The molecule has 4 heteroatoms. The zero-order chi connectivity index (χ0) is 7.40. The normalized spacial score (nSPS) is 9.20. The van der Waals surface area contributed by atoms with Gasteiger partial charge in [0.2, 0.25) is 0 Å². The number of anilines is 2. The van der Waals surface area contributed by atoms with Gasteiger partial charge in [-0.3, -0.25) is 0 Å². The third kappa shape index (κ3) is 1.73. The second kappa shape index (κ2) is 3.22. The first kappa shape index (κ1) is 7.08. The third-order valence-electron chi connectivity index (χ3n) is 0.921. The molecule has 0 fully saturated rings. The van der Waals surface area contributed by atoms with Crippen LogP contribution in [0.25, 0.3) is 0 Å². The lowest BCUT2D eigenvalue weighted by atomic mass is 10.6. The van der Waals surface area contributed by atoms with Gasteiger partial charge >= 0.3 is 0 Å².